The first-order chi connectivity index (χ1) is 16.4. The topological polar surface area (TPSA) is 103 Å². The number of methoxy groups -OCH3 is 2. The van der Waals surface area contributed by atoms with Gasteiger partial charge in [-0.25, -0.2) is 8.42 Å². The quantitative estimate of drug-likeness (QED) is 0.428. The summed E-state index contributed by atoms with van der Waals surface area (Å²) in [6, 6.07) is 17.9. The average Bonchev–Trinajstić information content (AvgIpc) is 2.84. The highest BCUT2D eigenvalue weighted by Gasteiger charge is 2.15. The van der Waals surface area contributed by atoms with Crippen LogP contribution in [0.15, 0.2) is 71.6 Å². The van der Waals surface area contributed by atoms with E-state index in [2.05, 4.69) is 10.0 Å². The molecule has 0 fully saturated rings. The Morgan fingerprint density at radius 2 is 1.65 bits per heavy atom. The Hall–Kier alpha value is -3.72. The van der Waals surface area contributed by atoms with Crippen LogP contribution in [0, 0.1) is 0 Å². The van der Waals surface area contributed by atoms with Gasteiger partial charge >= 0.3 is 0 Å². The van der Waals surface area contributed by atoms with Crippen molar-refractivity contribution in [2.75, 3.05) is 32.1 Å². The average molecular weight is 485 g/mol. The maximum atomic E-state index is 12.7. The summed E-state index contributed by atoms with van der Waals surface area (Å²) in [5.41, 5.74) is 1.53. The number of anilines is 1. The second-order valence-electron chi connectivity index (χ2n) is 7.27. The summed E-state index contributed by atoms with van der Waals surface area (Å²) in [5.74, 6) is 1.69. The fraction of sp³-hybridized carbons (Fsp3) is 0.240. The van der Waals surface area contributed by atoms with E-state index in [0.717, 1.165) is 5.56 Å². The number of nitrogens with one attached hydrogen (secondary N) is 2. The van der Waals surface area contributed by atoms with Gasteiger partial charge < -0.3 is 19.5 Å². The maximum Gasteiger partial charge on any atom is 0.261 e. The van der Waals surface area contributed by atoms with Gasteiger partial charge in [0, 0.05) is 17.8 Å². The molecule has 3 rings (SSSR count). The van der Waals surface area contributed by atoms with E-state index in [9.17, 15) is 13.2 Å². The smallest absolute Gasteiger partial charge is 0.261 e. The lowest BCUT2D eigenvalue weighted by molar-refractivity contribution is 0.0954. The first-order valence-corrected chi connectivity index (χ1v) is 12.2. The van der Waals surface area contributed by atoms with Crippen LogP contribution in [0.5, 0.6) is 17.2 Å². The number of hydrogen-bond donors (Lipinski definition) is 2. The molecule has 0 radical (unpaired) electrons. The van der Waals surface area contributed by atoms with Crippen molar-refractivity contribution in [3.05, 3.63) is 77.9 Å². The van der Waals surface area contributed by atoms with Crippen LogP contribution in [0.2, 0.25) is 0 Å². The summed E-state index contributed by atoms with van der Waals surface area (Å²) in [6.45, 7) is 2.71. The number of amides is 1. The van der Waals surface area contributed by atoms with Crippen LogP contribution >= 0.6 is 0 Å². The maximum absolute atomic E-state index is 12.7. The fourth-order valence-electron chi connectivity index (χ4n) is 3.31. The molecule has 3 aromatic carbocycles. The summed E-state index contributed by atoms with van der Waals surface area (Å²) < 4.78 is 43.9. The molecule has 0 saturated heterocycles. The third-order valence-corrected chi connectivity index (χ3v) is 6.39. The molecule has 2 N–H and O–H groups in total. The molecule has 1 amide bonds. The summed E-state index contributed by atoms with van der Waals surface area (Å²) in [7, 11) is -0.643. The Kier molecular flexibility index (Phi) is 8.37. The van der Waals surface area contributed by atoms with Crippen molar-refractivity contribution in [2.24, 2.45) is 0 Å². The predicted octanol–water partition coefficient (Wildman–Crippen LogP) is 3.88. The van der Waals surface area contributed by atoms with Crippen LogP contribution in [0.3, 0.4) is 0 Å². The van der Waals surface area contributed by atoms with Gasteiger partial charge in [0.1, 0.15) is 17.2 Å². The Balaban J connectivity index is 1.64. The zero-order valence-corrected chi connectivity index (χ0v) is 20.1. The van der Waals surface area contributed by atoms with Crippen molar-refractivity contribution in [1.82, 2.24) is 5.32 Å². The number of hydrogen-bond acceptors (Lipinski definition) is 6. The fourth-order valence-corrected chi connectivity index (χ4v) is 4.36. The first-order valence-electron chi connectivity index (χ1n) is 10.7. The van der Waals surface area contributed by atoms with Crippen LogP contribution in [0.4, 0.5) is 5.69 Å². The molecule has 0 aliphatic heterocycles. The van der Waals surface area contributed by atoms with Crippen molar-refractivity contribution in [3.8, 4) is 17.2 Å². The molecule has 8 nitrogen and oxygen atoms in total. The van der Waals surface area contributed by atoms with Gasteiger partial charge in [0.15, 0.2) is 0 Å². The SMILES string of the molecule is CCOc1ccc(S(=O)(=O)Nc2cccc(C(=O)NCCc3cc(OC)ccc3OC)c2)cc1. The van der Waals surface area contributed by atoms with Gasteiger partial charge in [-0.05, 0) is 79.6 Å². The number of ether oxygens (including phenoxy) is 3. The third kappa shape index (κ3) is 6.41. The van der Waals surface area contributed by atoms with Crippen molar-refractivity contribution in [3.63, 3.8) is 0 Å². The normalized spacial score (nSPS) is 10.9. The Morgan fingerprint density at radius 3 is 2.32 bits per heavy atom. The lowest BCUT2D eigenvalue weighted by Crippen LogP contribution is -2.26. The second-order valence-corrected chi connectivity index (χ2v) is 8.96. The largest absolute Gasteiger partial charge is 0.497 e. The molecule has 0 spiro atoms. The molecular formula is C25H28N2O6S. The lowest BCUT2D eigenvalue weighted by atomic mass is 10.1. The highest BCUT2D eigenvalue weighted by Crippen LogP contribution is 2.24. The first kappa shape index (κ1) is 24.9. The van der Waals surface area contributed by atoms with Crippen LogP contribution in [-0.2, 0) is 16.4 Å². The molecule has 180 valence electrons. The monoisotopic (exact) mass is 484 g/mol. The lowest BCUT2D eigenvalue weighted by Gasteiger charge is -2.12. The Labute approximate surface area is 199 Å². The highest BCUT2D eigenvalue weighted by atomic mass is 32.2. The number of rotatable bonds is 11. The molecule has 0 atom stereocenters. The Morgan fingerprint density at radius 1 is 0.912 bits per heavy atom. The molecule has 3 aromatic rings. The third-order valence-electron chi connectivity index (χ3n) is 4.99. The number of carbonyl (C=O) groups excluding carboxylic acids is 1. The highest BCUT2D eigenvalue weighted by molar-refractivity contribution is 7.92. The summed E-state index contributed by atoms with van der Waals surface area (Å²) in [5, 5.41) is 2.85. The molecule has 0 aliphatic rings. The van der Waals surface area contributed by atoms with Gasteiger partial charge in [-0.1, -0.05) is 6.07 Å². The van der Waals surface area contributed by atoms with Crippen molar-refractivity contribution in [2.45, 2.75) is 18.2 Å². The molecule has 0 aromatic heterocycles. The van der Waals surface area contributed by atoms with Crippen LogP contribution in [0.1, 0.15) is 22.8 Å². The van der Waals surface area contributed by atoms with E-state index in [4.69, 9.17) is 14.2 Å². The number of sulfonamides is 1. The van der Waals surface area contributed by atoms with E-state index in [1.54, 1.807) is 50.6 Å². The molecular weight excluding hydrogens is 456 g/mol. The van der Waals surface area contributed by atoms with Crippen molar-refractivity contribution in [1.29, 1.82) is 0 Å². The number of benzene rings is 3. The minimum atomic E-state index is -3.82. The van der Waals surface area contributed by atoms with Crippen molar-refractivity contribution < 1.29 is 27.4 Å². The van der Waals surface area contributed by atoms with E-state index in [0.29, 0.717) is 42.4 Å². The standard InChI is InChI=1S/C25H28N2O6S/c1-4-33-21-8-11-23(12-9-21)34(29,30)27-20-7-5-6-19(16-20)25(28)26-15-14-18-17-22(31-2)10-13-24(18)32-3/h5-13,16-17,27H,4,14-15H2,1-3H3,(H,26,28). The van der Waals surface area contributed by atoms with Gasteiger partial charge in [0.05, 0.1) is 25.7 Å². The molecule has 0 heterocycles. The molecule has 0 bridgehead atoms. The molecule has 9 heteroatoms. The summed E-state index contributed by atoms with van der Waals surface area (Å²) in [6.07, 6.45) is 0.538. The van der Waals surface area contributed by atoms with Crippen LogP contribution < -0.4 is 24.2 Å². The minimum Gasteiger partial charge on any atom is -0.497 e. The van der Waals surface area contributed by atoms with E-state index in [1.165, 1.54) is 18.2 Å². The van der Waals surface area contributed by atoms with Gasteiger partial charge in [0.25, 0.3) is 15.9 Å². The van der Waals surface area contributed by atoms with Crippen molar-refractivity contribution >= 4 is 21.6 Å². The van der Waals surface area contributed by atoms with E-state index < -0.39 is 10.0 Å². The van der Waals surface area contributed by atoms with E-state index in [1.807, 2.05) is 19.1 Å². The minimum absolute atomic E-state index is 0.0954. The van der Waals surface area contributed by atoms with E-state index in [-0.39, 0.29) is 16.5 Å². The predicted molar refractivity (Wildman–Crippen MR) is 130 cm³/mol. The van der Waals surface area contributed by atoms with Gasteiger partial charge in [0.2, 0.25) is 0 Å². The van der Waals surface area contributed by atoms with Gasteiger partial charge in [-0.15, -0.1) is 0 Å². The zero-order valence-electron chi connectivity index (χ0n) is 19.3. The number of carbonyl (C=O) groups is 1. The zero-order chi connectivity index (χ0) is 24.6. The van der Waals surface area contributed by atoms with Crippen LogP contribution in [-0.4, -0.2) is 41.7 Å². The van der Waals surface area contributed by atoms with Crippen LogP contribution in [0.25, 0.3) is 0 Å². The van der Waals surface area contributed by atoms with Gasteiger partial charge in [-0.2, -0.15) is 0 Å². The Bertz CT molecular complexity index is 1230. The second kappa shape index (κ2) is 11.4. The molecule has 34 heavy (non-hydrogen) atoms. The molecule has 0 unspecified atom stereocenters. The molecule has 0 saturated carbocycles. The molecule has 0 aliphatic carbocycles. The van der Waals surface area contributed by atoms with E-state index >= 15 is 0 Å². The summed E-state index contributed by atoms with van der Waals surface area (Å²) >= 11 is 0. The summed E-state index contributed by atoms with van der Waals surface area (Å²) in [4.78, 5) is 12.7. The van der Waals surface area contributed by atoms with Gasteiger partial charge in [-0.3, -0.25) is 9.52 Å².